The van der Waals surface area contributed by atoms with E-state index in [0.29, 0.717) is 23.9 Å². The van der Waals surface area contributed by atoms with E-state index >= 15 is 0 Å². The maximum atomic E-state index is 12.3. The SMILES string of the molecule is CON(C)C(=O)c1cc(C)n(Cc2cc(Cl)ccc2OCc2ccccc2)n1. The van der Waals surface area contributed by atoms with Gasteiger partial charge < -0.3 is 4.74 Å². The molecule has 1 amide bonds. The fraction of sp³-hybridized carbons (Fsp3) is 0.238. The molecule has 0 aliphatic carbocycles. The molecule has 0 radical (unpaired) electrons. The van der Waals surface area contributed by atoms with Crippen molar-refractivity contribution in [1.29, 1.82) is 0 Å². The number of aryl methyl sites for hydroxylation is 1. The normalized spacial score (nSPS) is 10.7. The summed E-state index contributed by atoms with van der Waals surface area (Å²) in [5.41, 5.74) is 3.13. The number of carbonyl (C=O) groups is 1. The highest BCUT2D eigenvalue weighted by atomic mass is 35.5. The zero-order valence-corrected chi connectivity index (χ0v) is 16.8. The average Bonchev–Trinajstić information content (AvgIpc) is 3.07. The first-order valence-electron chi connectivity index (χ1n) is 8.79. The van der Waals surface area contributed by atoms with Gasteiger partial charge in [0, 0.05) is 23.3 Å². The molecular formula is C21H22ClN3O3. The molecule has 0 fully saturated rings. The molecule has 0 saturated carbocycles. The van der Waals surface area contributed by atoms with Gasteiger partial charge in [-0.3, -0.25) is 14.3 Å². The molecular weight excluding hydrogens is 378 g/mol. The Bertz CT molecular complexity index is 957. The third kappa shape index (κ3) is 4.71. The van der Waals surface area contributed by atoms with Gasteiger partial charge >= 0.3 is 0 Å². The highest BCUT2D eigenvalue weighted by molar-refractivity contribution is 6.30. The summed E-state index contributed by atoms with van der Waals surface area (Å²) < 4.78 is 7.75. The zero-order valence-electron chi connectivity index (χ0n) is 16.1. The summed E-state index contributed by atoms with van der Waals surface area (Å²) >= 11 is 6.19. The Morgan fingerprint density at radius 2 is 1.93 bits per heavy atom. The Labute approximate surface area is 169 Å². The largest absolute Gasteiger partial charge is 0.489 e. The van der Waals surface area contributed by atoms with E-state index in [9.17, 15) is 4.79 Å². The molecule has 6 nitrogen and oxygen atoms in total. The number of hydroxylamine groups is 2. The van der Waals surface area contributed by atoms with Gasteiger partial charge in [-0.2, -0.15) is 5.10 Å². The first kappa shape index (κ1) is 19.9. The summed E-state index contributed by atoms with van der Waals surface area (Å²) in [6.07, 6.45) is 0. The van der Waals surface area contributed by atoms with Crippen LogP contribution in [0.15, 0.2) is 54.6 Å². The van der Waals surface area contributed by atoms with Crippen molar-refractivity contribution in [2.75, 3.05) is 14.2 Å². The van der Waals surface area contributed by atoms with Crippen LogP contribution in [0.4, 0.5) is 0 Å². The van der Waals surface area contributed by atoms with Crippen LogP contribution in [-0.4, -0.2) is 34.9 Å². The summed E-state index contributed by atoms with van der Waals surface area (Å²) in [6, 6.07) is 17.2. The van der Waals surface area contributed by atoms with Crippen LogP contribution in [0.2, 0.25) is 5.02 Å². The molecule has 0 saturated heterocycles. The van der Waals surface area contributed by atoms with Gasteiger partial charge in [0.15, 0.2) is 5.69 Å². The smallest absolute Gasteiger partial charge is 0.297 e. The third-order valence-electron chi connectivity index (χ3n) is 4.34. The van der Waals surface area contributed by atoms with E-state index in [4.69, 9.17) is 21.2 Å². The zero-order chi connectivity index (χ0) is 20.1. The summed E-state index contributed by atoms with van der Waals surface area (Å²) in [5.74, 6) is 0.418. The summed E-state index contributed by atoms with van der Waals surface area (Å²) in [5, 5.41) is 6.16. The molecule has 2 aromatic carbocycles. The van der Waals surface area contributed by atoms with E-state index in [2.05, 4.69) is 5.10 Å². The van der Waals surface area contributed by atoms with Crippen molar-refractivity contribution in [2.24, 2.45) is 0 Å². The van der Waals surface area contributed by atoms with Gasteiger partial charge in [-0.25, -0.2) is 5.06 Å². The van der Waals surface area contributed by atoms with Crippen LogP contribution >= 0.6 is 11.6 Å². The number of hydrogen-bond donors (Lipinski definition) is 0. The number of rotatable bonds is 7. The van der Waals surface area contributed by atoms with Gasteiger partial charge in [-0.15, -0.1) is 0 Å². The Morgan fingerprint density at radius 1 is 1.18 bits per heavy atom. The summed E-state index contributed by atoms with van der Waals surface area (Å²) in [4.78, 5) is 17.2. The van der Waals surface area contributed by atoms with Crippen molar-refractivity contribution in [2.45, 2.75) is 20.1 Å². The maximum absolute atomic E-state index is 12.3. The predicted molar refractivity (Wildman–Crippen MR) is 107 cm³/mol. The number of hydrogen-bond acceptors (Lipinski definition) is 4. The second-order valence-corrected chi connectivity index (χ2v) is 6.78. The molecule has 0 unspecified atom stereocenters. The van der Waals surface area contributed by atoms with Gasteiger partial charge in [0.1, 0.15) is 12.4 Å². The lowest BCUT2D eigenvalue weighted by Gasteiger charge is -2.13. The molecule has 0 aliphatic heterocycles. The second-order valence-electron chi connectivity index (χ2n) is 6.34. The Morgan fingerprint density at radius 3 is 2.64 bits per heavy atom. The fourth-order valence-corrected chi connectivity index (χ4v) is 2.92. The van der Waals surface area contributed by atoms with Crippen molar-refractivity contribution >= 4 is 17.5 Å². The Kier molecular flexibility index (Phi) is 6.34. The van der Waals surface area contributed by atoms with Crippen molar-refractivity contribution in [3.05, 3.63) is 82.1 Å². The van der Waals surface area contributed by atoms with Crippen molar-refractivity contribution in [3.63, 3.8) is 0 Å². The standard InChI is InChI=1S/C21H22ClN3O3/c1-15-11-19(21(26)24(2)27-3)23-25(15)13-17-12-18(22)9-10-20(17)28-14-16-7-5-4-6-8-16/h4-12H,13-14H2,1-3H3. The molecule has 3 aromatic rings. The van der Waals surface area contributed by atoms with Crippen molar-refractivity contribution < 1.29 is 14.4 Å². The van der Waals surface area contributed by atoms with E-state index in [-0.39, 0.29) is 5.91 Å². The van der Waals surface area contributed by atoms with E-state index in [1.165, 1.54) is 7.11 Å². The topological polar surface area (TPSA) is 56.6 Å². The van der Waals surface area contributed by atoms with E-state index in [1.807, 2.05) is 49.4 Å². The number of aromatic nitrogens is 2. The molecule has 0 atom stereocenters. The van der Waals surface area contributed by atoms with Gasteiger partial charge in [-0.05, 0) is 36.8 Å². The van der Waals surface area contributed by atoms with Gasteiger partial charge in [0.2, 0.25) is 0 Å². The lowest BCUT2D eigenvalue weighted by atomic mass is 10.2. The monoisotopic (exact) mass is 399 g/mol. The minimum absolute atomic E-state index is 0.309. The summed E-state index contributed by atoms with van der Waals surface area (Å²) in [6.45, 7) is 2.78. The highest BCUT2D eigenvalue weighted by Gasteiger charge is 2.17. The van der Waals surface area contributed by atoms with Gasteiger partial charge in [-0.1, -0.05) is 41.9 Å². The highest BCUT2D eigenvalue weighted by Crippen LogP contribution is 2.25. The number of carbonyl (C=O) groups excluding carboxylic acids is 1. The van der Waals surface area contributed by atoms with Crippen LogP contribution in [0, 0.1) is 6.92 Å². The first-order valence-corrected chi connectivity index (χ1v) is 9.17. The molecule has 0 aliphatic rings. The molecule has 28 heavy (non-hydrogen) atoms. The van der Waals surface area contributed by atoms with Crippen LogP contribution < -0.4 is 4.74 Å². The number of amides is 1. The van der Waals surface area contributed by atoms with Crippen LogP contribution in [0.25, 0.3) is 0 Å². The van der Waals surface area contributed by atoms with Crippen LogP contribution in [0.1, 0.15) is 27.3 Å². The minimum atomic E-state index is -0.309. The quantitative estimate of drug-likeness (QED) is 0.561. The first-order chi connectivity index (χ1) is 13.5. The number of halogens is 1. The van der Waals surface area contributed by atoms with Crippen LogP contribution in [0.3, 0.4) is 0 Å². The molecule has 0 bridgehead atoms. The van der Waals surface area contributed by atoms with E-state index < -0.39 is 0 Å². The van der Waals surface area contributed by atoms with Crippen LogP contribution in [-0.2, 0) is 18.0 Å². The average molecular weight is 400 g/mol. The number of ether oxygens (including phenoxy) is 1. The molecule has 3 rings (SSSR count). The van der Waals surface area contributed by atoms with Gasteiger partial charge in [0.05, 0.1) is 13.7 Å². The third-order valence-corrected chi connectivity index (χ3v) is 4.58. The van der Waals surface area contributed by atoms with Crippen molar-refractivity contribution in [1.82, 2.24) is 14.8 Å². The molecule has 0 spiro atoms. The predicted octanol–water partition coefficient (Wildman–Crippen LogP) is 4.11. The molecule has 1 aromatic heterocycles. The molecule has 7 heteroatoms. The molecule has 0 N–H and O–H groups in total. The maximum Gasteiger partial charge on any atom is 0.297 e. The lowest BCUT2D eigenvalue weighted by molar-refractivity contribution is -0.0760. The summed E-state index contributed by atoms with van der Waals surface area (Å²) in [7, 11) is 2.98. The van der Waals surface area contributed by atoms with Crippen molar-refractivity contribution in [3.8, 4) is 5.75 Å². The van der Waals surface area contributed by atoms with Crippen LogP contribution in [0.5, 0.6) is 5.75 Å². The number of nitrogens with zero attached hydrogens (tertiary/aromatic N) is 3. The van der Waals surface area contributed by atoms with E-state index in [0.717, 1.165) is 27.6 Å². The number of benzene rings is 2. The fourth-order valence-electron chi connectivity index (χ4n) is 2.73. The Balaban J connectivity index is 1.81. The lowest BCUT2D eigenvalue weighted by Crippen LogP contribution is -2.26. The second kappa shape index (κ2) is 8.91. The molecule has 146 valence electrons. The minimum Gasteiger partial charge on any atom is -0.489 e. The van der Waals surface area contributed by atoms with E-state index in [1.54, 1.807) is 23.9 Å². The Hall–Kier alpha value is -2.83. The molecule has 1 heterocycles. The van der Waals surface area contributed by atoms with Gasteiger partial charge in [0.25, 0.3) is 5.91 Å².